The molecule has 1 aliphatic heterocycles. The molecule has 6 heteroatoms. The largest absolute Gasteiger partial charge is 0.370 e. The monoisotopic (exact) mass is 276 g/mol. The molecule has 6 nitrogen and oxygen atoms in total. The van der Waals surface area contributed by atoms with Gasteiger partial charge in [0.2, 0.25) is 5.91 Å². The van der Waals surface area contributed by atoms with Crippen molar-refractivity contribution < 1.29 is 9.59 Å². The smallest absolute Gasteiger partial charge is 0.252 e. The van der Waals surface area contributed by atoms with Crippen molar-refractivity contribution in [3.05, 3.63) is 11.9 Å². The van der Waals surface area contributed by atoms with Gasteiger partial charge in [0.1, 0.15) is 6.04 Å². The molecule has 1 saturated heterocycles. The molecule has 1 aromatic heterocycles. The summed E-state index contributed by atoms with van der Waals surface area (Å²) in [6, 6.07) is -0.317. The number of aryl methyl sites for hydroxylation is 2. The second-order valence-corrected chi connectivity index (χ2v) is 5.74. The fourth-order valence-electron chi connectivity index (χ4n) is 3.24. The number of carbonyl (C=O) groups excluding carboxylic acids is 2. The fraction of sp³-hybridized carbons (Fsp3) is 0.643. The first-order valence-electron chi connectivity index (χ1n) is 7.19. The highest BCUT2D eigenvalue weighted by Gasteiger charge is 2.43. The third-order valence-electron chi connectivity index (χ3n) is 4.22. The van der Waals surface area contributed by atoms with Crippen LogP contribution in [0.1, 0.15) is 37.8 Å². The summed E-state index contributed by atoms with van der Waals surface area (Å²) in [5.41, 5.74) is 1.67. The Hall–Kier alpha value is -1.85. The van der Waals surface area contributed by atoms with Crippen LogP contribution in [0.15, 0.2) is 6.20 Å². The van der Waals surface area contributed by atoms with Crippen LogP contribution in [-0.4, -0.2) is 38.6 Å². The lowest BCUT2D eigenvalue weighted by Gasteiger charge is -2.22. The summed E-state index contributed by atoms with van der Waals surface area (Å²) in [5.74, 6) is -0.119. The van der Waals surface area contributed by atoms with Crippen molar-refractivity contribution in [1.29, 1.82) is 0 Å². The van der Waals surface area contributed by atoms with Gasteiger partial charge in [-0.3, -0.25) is 19.2 Å². The maximum atomic E-state index is 12.4. The average Bonchev–Trinajstić information content (AvgIpc) is 3.04. The van der Waals surface area contributed by atoms with Crippen LogP contribution in [0.2, 0.25) is 0 Å². The maximum absolute atomic E-state index is 12.4. The molecule has 108 valence electrons. The van der Waals surface area contributed by atoms with Gasteiger partial charge in [0.05, 0.1) is 17.8 Å². The standard InChI is InChI=1S/C14H20N4O2/c1-9-12(8-17(2)16-9)15-11-7-13(19)18(14(11)20)10-5-3-4-6-10/h8,10-11,15H,3-7H2,1-2H3. The zero-order chi connectivity index (χ0) is 14.3. The van der Waals surface area contributed by atoms with E-state index in [9.17, 15) is 9.59 Å². The van der Waals surface area contributed by atoms with E-state index >= 15 is 0 Å². The molecule has 0 radical (unpaired) electrons. The third-order valence-corrected chi connectivity index (χ3v) is 4.22. The summed E-state index contributed by atoms with van der Waals surface area (Å²) >= 11 is 0. The lowest BCUT2D eigenvalue weighted by molar-refractivity contribution is -0.141. The van der Waals surface area contributed by atoms with Gasteiger partial charge in [0.25, 0.3) is 5.91 Å². The Bertz CT molecular complexity index is 545. The number of hydrogen-bond acceptors (Lipinski definition) is 4. The highest BCUT2D eigenvalue weighted by Crippen LogP contribution is 2.29. The molecule has 2 amide bonds. The number of nitrogens with one attached hydrogen (secondary N) is 1. The SMILES string of the molecule is Cc1nn(C)cc1NC1CC(=O)N(C2CCCC2)C1=O. The van der Waals surface area contributed by atoms with E-state index in [-0.39, 0.29) is 24.3 Å². The van der Waals surface area contributed by atoms with E-state index in [1.165, 1.54) is 4.90 Å². The molecule has 0 spiro atoms. The van der Waals surface area contributed by atoms with E-state index in [1.54, 1.807) is 4.68 Å². The molecule has 1 aliphatic carbocycles. The first-order valence-corrected chi connectivity index (χ1v) is 7.19. The second-order valence-electron chi connectivity index (χ2n) is 5.74. The number of amides is 2. The molecule has 0 bridgehead atoms. The average molecular weight is 276 g/mol. The van der Waals surface area contributed by atoms with E-state index in [0.717, 1.165) is 37.1 Å². The summed E-state index contributed by atoms with van der Waals surface area (Å²) in [5, 5.41) is 7.41. The molecule has 1 atom stereocenters. The normalized spacial score (nSPS) is 23.9. The van der Waals surface area contributed by atoms with Crippen LogP contribution in [0.25, 0.3) is 0 Å². The van der Waals surface area contributed by atoms with Crippen molar-refractivity contribution in [2.24, 2.45) is 7.05 Å². The Morgan fingerprint density at radius 3 is 2.60 bits per heavy atom. The summed E-state index contributed by atoms with van der Waals surface area (Å²) in [4.78, 5) is 26.0. The number of aromatic nitrogens is 2. The molecule has 1 saturated carbocycles. The molecule has 1 aromatic rings. The molecule has 2 fully saturated rings. The molecule has 20 heavy (non-hydrogen) atoms. The van der Waals surface area contributed by atoms with Crippen LogP contribution in [0.3, 0.4) is 0 Å². The van der Waals surface area contributed by atoms with Gasteiger partial charge in [0.15, 0.2) is 0 Å². The minimum absolute atomic E-state index is 0.0408. The number of hydrogen-bond donors (Lipinski definition) is 1. The van der Waals surface area contributed by atoms with Crippen molar-refractivity contribution in [3.63, 3.8) is 0 Å². The summed E-state index contributed by atoms with van der Waals surface area (Å²) < 4.78 is 1.70. The van der Waals surface area contributed by atoms with Gasteiger partial charge >= 0.3 is 0 Å². The van der Waals surface area contributed by atoms with Crippen molar-refractivity contribution in [1.82, 2.24) is 14.7 Å². The topological polar surface area (TPSA) is 67.2 Å². The van der Waals surface area contributed by atoms with Crippen LogP contribution in [0, 0.1) is 6.92 Å². The van der Waals surface area contributed by atoms with Gasteiger partial charge in [0, 0.05) is 19.3 Å². The first kappa shape index (κ1) is 13.1. The van der Waals surface area contributed by atoms with Crippen LogP contribution in [-0.2, 0) is 16.6 Å². The molecular weight excluding hydrogens is 256 g/mol. The second kappa shape index (κ2) is 4.92. The molecule has 3 rings (SSSR count). The number of carbonyl (C=O) groups is 2. The van der Waals surface area contributed by atoms with Gasteiger partial charge in [-0.25, -0.2) is 0 Å². The lowest BCUT2D eigenvalue weighted by Crippen LogP contribution is -2.41. The summed E-state index contributed by atoms with van der Waals surface area (Å²) in [7, 11) is 1.84. The Kier molecular flexibility index (Phi) is 3.23. The Morgan fingerprint density at radius 1 is 1.30 bits per heavy atom. The predicted molar refractivity (Wildman–Crippen MR) is 74.1 cm³/mol. The van der Waals surface area contributed by atoms with E-state index in [0.29, 0.717) is 0 Å². The van der Waals surface area contributed by atoms with E-state index in [4.69, 9.17) is 0 Å². The van der Waals surface area contributed by atoms with Gasteiger partial charge in [-0.1, -0.05) is 12.8 Å². The number of anilines is 1. The van der Waals surface area contributed by atoms with E-state index in [1.807, 2.05) is 20.2 Å². The van der Waals surface area contributed by atoms with Crippen molar-refractivity contribution in [3.8, 4) is 0 Å². The number of imide groups is 1. The number of likely N-dealkylation sites (tertiary alicyclic amines) is 1. The zero-order valence-electron chi connectivity index (χ0n) is 11.9. The summed E-state index contributed by atoms with van der Waals surface area (Å²) in [6.07, 6.45) is 6.23. The molecule has 2 aliphatic rings. The minimum atomic E-state index is -0.439. The molecule has 0 aromatic carbocycles. The fourth-order valence-corrected chi connectivity index (χ4v) is 3.24. The highest BCUT2D eigenvalue weighted by atomic mass is 16.2. The molecule has 2 heterocycles. The van der Waals surface area contributed by atoms with E-state index < -0.39 is 6.04 Å². The molecular formula is C14H20N4O2. The van der Waals surface area contributed by atoms with E-state index in [2.05, 4.69) is 10.4 Å². The maximum Gasteiger partial charge on any atom is 0.252 e. The van der Waals surface area contributed by atoms with Gasteiger partial charge in [-0.05, 0) is 19.8 Å². The Labute approximate surface area is 118 Å². The Morgan fingerprint density at radius 2 is 2.00 bits per heavy atom. The minimum Gasteiger partial charge on any atom is -0.370 e. The third kappa shape index (κ3) is 2.19. The molecule has 1 N–H and O–H groups in total. The first-order chi connectivity index (χ1) is 9.56. The summed E-state index contributed by atoms with van der Waals surface area (Å²) in [6.45, 7) is 1.89. The van der Waals surface area contributed by atoms with Crippen LogP contribution in [0.5, 0.6) is 0 Å². The van der Waals surface area contributed by atoms with Crippen molar-refractivity contribution in [2.75, 3.05) is 5.32 Å². The zero-order valence-corrected chi connectivity index (χ0v) is 11.9. The quantitative estimate of drug-likeness (QED) is 0.843. The predicted octanol–water partition coefficient (Wildman–Crippen LogP) is 1.21. The Balaban J connectivity index is 1.74. The number of rotatable bonds is 3. The molecule has 1 unspecified atom stereocenters. The van der Waals surface area contributed by atoms with Crippen LogP contribution in [0.4, 0.5) is 5.69 Å². The van der Waals surface area contributed by atoms with Crippen molar-refractivity contribution >= 4 is 17.5 Å². The van der Waals surface area contributed by atoms with Gasteiger partial charge < -0.3 is 5.32 Å². The number of nitrogens with zero attached hydrogens (tertiary/aromatic N) is 3. The van der Waals surface area contributed by atoms with Crippen molar-refractivity contribution in [2.45, 2.75) is 51.1 Å². The van der Waals surface area contributed by atoms with Crippen LogP contribution >= 0.6 is 0 Å². The van der Waals surface area contributed by atoms with Gasteiger partial charge in [-0.2, -0.15) is 5.10 Å². The lowest BCUT2D eigenvalue weighted by atomic mass is 10.2. The highest BCUT2D eigenvalue weighted by molar-refractivity contribution is 6.07. The van der Waals surface area contributed by atoms with Crippen LogP contribution < -0.4 is 5.32 Å². The van der Waals surface area contributed by atoms with Gasteiger partial charge in [-0.15, -0.1) is 0 Å².